The molecule has 1 heterocycles. The van der Waals surface area contributed by atoms with Crippen LogP contribution in [0, 0.1) is 18.2 Å². The molecule has 124 valence electrons. The van der Waals surface area contributed by atoms with E-state index in [9.17, 15) is 9.18 Å². The van der Waals surface area contributed by atoms with Crippen molar-refractivity contribution in [2.24, 2.45) is 0 Å². The highest BCUT2D eigenvalue weighted by Gasteiger charge is 2.14. The number of rotatable bonds is 4. The molecule has 1 amide bonds. The van der Waals surface area contributed by atoms with Crippen molar-refractivity contribution in [1.29, 1.82) is 0 Å². The lowest BCUT2D eigenvalue weighted by Crippen LogP contribution is -2.16. The third-order valence-electron chi connectivity index (χ3n) is 3.35. The van der Waals surface area contributed by atoms with Crippen molar-refractivity contribution in [2.45, 2.75) is 0 Å². The number of nitrogens with zero attached hydrogens (tertiary/aromatic N) is 2. The van der Waals surface area contributed by atoms with Gasteiger partial charge in [0.1, 0.15) is 11.6 Å². The molecule has 0 fully saturated rings. The molecule has 0 bridgehead atoms. The summed E-state index contributed by atoms with van der Waals surface area (Å²) in [5, 5.41) is 7.04. The molecular formula is C19H14FN3O2. The van der Waals surface area contributed by atoms with E-state index in [0.29, 0.717) is 17.2 Å². The Bertz CT molecular complexity index is 929. The topological polar surface area (TPSA) is 56.1 Å². The van der Waals surface area contributed by atoms with Crippen LogP contribution < -0.4 is 5.32 Å². The molecule has 1 aromatic heterocycles. The molecular weight excluding hydrogens is 321 g/mol. The summed E-state index contributed by atoms with van der Waals surface area (Å²) in [6.45, 7) is -0.147. The number of hydrogen-bond donors (Lipinski definition) is 1. The van der Waals surface area contributed by atoms with Crippen LogP contribution in [-0.2, 0) is 4.74 Å². The van der Waals surface area contributed by atoms with Crippen molar-refractivity contribution in [1.82, 2.24) is 9.78 Å². The summed E-state index contributed by atoms with van der Waals surface area (Å²) in [7, 11) is 0. The molecule has 1 N–H and O–H groups in total. The quantitative estimate of drug-likeness (QED) is 0.737. The first-order chi connectivity index (χ1) is 12.2. The first kappa shape index (κ1) is 16.3. The second-order valence-corrected chi connectivity index (χ2v) is 5.08. The third-order valence-corrected chi connectivity index (χ3v) is 3.35. The molecule has 3 rings (SSSR count). The zero-order valence-corrected chi connectivity index (χ0v) is 13.1. The zero-order chi connectivity index (χ0) is 17.6. The number of carbonyl (C=O) groups excluding carboxylic acids is 1. The first-order valence-electron chi connectivity index (χ1n) is 7.46. The lowest BCUT2D eigenvalue weighted by atomic mass is 10.2. The van der Waals surface area contributed by atoms with Gasteiger partial charge in [0.15, 0.2) is 6.61 Å². The van der Waals surface area contributed by atoms with Crippen molar-refractivity contribution in [3.05, 3.63) is 66.5 Å². The highest BCUT2D eigenvalue weighted by atomic mass is 19.1. The maximum atomic E-state index is 13.6. The van der Waals surface area contributed by atoms with Gasteiger partial charge in [-0.15, -0.1) is 6.42 Å². The number of carbonyl (C=O) groups is 1. The summed E-state index contributed by atoms with van der Waals surface area (Å²) in [6, 6.07) is 17.0. The van der Waals surface area contributed by atoms with Crippen LogP contribution in [0.1, 0.15) is 0 Å². The number of nitrogens with one attached hydrogen (secondary N) is 1. The maximum absolute atomic E-state index is 13.6. The fourth-order valence-corrected chi connectivity index (χ4v) is 2.27. The molecule has 6 heteroatoms. The second-order valence-electron chi connectivity index (χ2n) is 5.08. The molecule has 0 aliphatic carbocycles. The minimum atomic E-state index is -0.713. The van der Waals surface area contributed by atoms with Crippen LogP contribution >= 0.6 is 0 Å². The summed E-state index contributed by atoms with van der Waals surface area (Å²) in [6.07, 6.45) is 4.36. The molecule has 0 unspecified atom stereocenters. The van der Waals surface area contributed by atoms with Crippen molar-refractivity contribution < 1.29 is 13.9 Å². The SMILES string of the molecule is C#CCOC(=O)Nc1cc(-c2ccccc2)nn1-c1cccc(F)c1. The van der Waals surface area contributed by atoms with E-state index in [2.05, 4.69) is 16.3 Å². The van der Waals surface area contributed by atoms with Gasteiger partial charge in [-0.2, -0.15) is 5.10 Å². The smallest absolute Gasteiger partial charge is 0.413 e. The third kappa shape index (κ3) is 3.85. The Labute approximate surface area is 144 Å². The molecule has 5 nitrogen and oxygen atoms in total. The lowest BCUT2D eigenvalue weighted by Gasteiger charge is -2.08. The standard InChI is InChI=1S/C19H14FN3O2/c1-2-11-25-19(24)21-18-13-17(14-7-4-3-5-8-14)22-23(18)16-10-6-9-15(20)12-16/h1,3-10,12-13H,11H2,(H,21,24). The van der Waals surface area contributed by atoms with Crippen LogP contribution in [0.25, 0.3) is 16.9 Å². The Kier molecular flexibility index (Phi) is 4.77. The highest BCUT2D eigenvalue weighted by molar-refractivity contribution is 5.85. The van der Waals surface area contributed by atoms with Gasteiger partial charge in [-0.05, 0) is 18.2 Å². The number of amides is 1. The zero-order valence-electron chi connectivity index (χ0n) is 13.1. The fourth-order valence-electron chi connectivity index (χ4n) is 2.27. The number of terminal acetylenes is 1. The molecule has 0 aliphatic heterocycles. The number of ether oxygens (including phenoxy) is 1. The second kappa shape index (κ2) is 7.32. The summed E-state index contributed by atoms with van der Waals surface area (Å²) in [5.41, 5.74) is 1.95. The molecule has 3 aromatic rings. The van der Waals surface area contributed by atoms with Gasteiger partial charge in [-0.25, -0.2) is 13.9 Å². The summed E-state index contributed by atoms with van der Waals surface area (Å²) in [5.74, 6) is 2.15. The van der Waals surface area contributed by atoms with Gasteiger partial charge < -0.3 is 4.74 Å². The average Bonchev–Trinajstić information content (AvgIpc) is 3.04. The van der Waals surface area contributed by atoms with Crippen LogP contribution in [0.3, 0.4) is 0 Å². The summed E-state index contributed by atoms with van der Waals surface area (Å²) >= 11 is 0. The van der Waals surface area contributed by atoms with Crippen LogP contribution in [0.2, 0.25) is 0 Å². The van der Waals surface area contributed by atoms with E-state index in [1.807, 2.05) is 30.3 Å². The monoisotopic (exact) mass is 335 g/mol. The maximum Gasteiger partial charge on any atom is 0.413 e. The fraction of sp³-hybridized carbons (Fsp3) is 0.0526. The average molecular weight is 335 g/mol. The van der Waals surface area contributed by atoms with Gasteiger partial charge in [-0.1, -0.05) is 42.3 Å². The van der Waals surface area contributed by atoms with E-state index in [4.69, 9.17) is 11.2 Å². The molecule has 0 saturated carbocycles. The Balaban J connectivity index is 2.00. The van der Waals surface area contributed by atoms with E-state index < -0.39 is 11.9 Å². The Morgan fingerprint density at radius 2 is 2.00 bits per heavy atom. The molecule has 0 atom stereocenters. The van der Waals surface area contributed by atoms with Gasteiger partial charge in [-0.3, -0.25) is 5.32 Å². The summed E-state index contributed by atoms with van der Waals surface area (Å²) in [4.78, 5) is 11.8. The van der Waals surface area contributed by atoms with Crippen molar-refractivity contribution in [2.75, 3.05) is 11.9 Å². The van der Waals surface area contributed by atoms with Gasteiger partial charge >= 0.3 is 6.09 Å². The van der Waals surface area contributed by atoms with E-state index in [1.54, 1.807) is 18.2 Å². The largest absolute Gasteiger partial charge is 0.436 e. The van der Waals surface area contributed by atoms with Gasteiger partial charge in [0.2, 0.25) is 0 Å². The number of benzene rings is 2. The van der Waals surface area contributed by atoms with Gasteiger partial charge in [0.25, 0.3) is 0 Å². The van der Waals surface area contributed by atoms with Crippen LogP contribution in [0.4, 0.5) is 15.0 Å². The van der Waals surface area contributed by atoms with Crippen LogP contribution in [0.5, 0.6) is 0 Å². The minimum absolute atomic E-state index is 0.147. The minimum Gasteiger partial charge on any atom is -0.436 e. The predicted octanol–water partition coefficient (Wildman–Crippen LogP) is 3.86. The molecule has 0 radical (unpaired) electrons. The number of hydrogen-bond acceptors (Lipinski definition) is 3. The summed E-state index contributed by atoms with van der Waals surface area (Å²) < 4.78 is 19.8. The Morgan fingerprint density at radius 1 is 1.20 bits per heavy atom. The first-order valence-corrected chi connectivity index (χ1v) is 7.46. The Hall–Kier alpha value is -3.59. The number of halogens is 1. The van der Waals surface area contributed by atoms with Crippen LogP contribution in [-0.4, -0.2) is 22.5 Å². The Morgan fingerprint density at radius 3 is 2.72 bits per heavy atom. The van der Waals surface area contributed by atoms with E-state index in [0.717, 1.165) is 5.56 Å². The molecule has 2 aromatic carbocycles. The van der Waals surface area contributed by atoms with Crippen molar-refractivity contribution in [3.63, 3.8) is 0 Å². The van der Waals surface area contributed by atoms with Crippen molar-refractivity contribution >= 4 is 11.9 Å². The number of anilines is 1. The number of aromatic nitrogens is 2. The van der Waals surface area contributed by atoms with E-state index >= 15 is 0 Å². The molecule has 0 spiro atoms. The van der Waals surface area contributed by atoms with Crippen molar-refractivity contribution in [3.8, 4) is 29.3 Å². The van der Waals surface area contributed by atoms with Crippen LogP contribution in [0.15, 0.2) is 60.7 Å². The highest BCUT2D eigenvalue weighted by Crippen LogP contribution is 2.25. The van der Waals surface area contributed by atoms with Gasteiger partial charge in [0, 0.05) is 11.6 Å². The molecule has 0 saturated heterocycles. The van der Waals surface area contributed by atoms with E-state index in [-0.39, 0.29) is 6.61 Å². The lowest BCUT2D eigenvalue weighted by molar-refractivity contribution is 0.176. The van der Waals surface area contributed by atoms with Gasteiger partial charge in [0.05, 0.1) is 11.4 Å². The molecule has 25 heavy (non-hydrogen) atoms. The predicted molar refractivity (Wildman–Crippen MR) is 92.8 cm³/mol. The molecule has 0 aliphatic rings. The normalized spacial score (nSPS) is 10.1. The van der Waals surface area contributed by atoms with E-state index in [1.165, 1.54) is 16.8 Å².